The van der Waals surface area contributed by atoms with E-state index in [1.807, 2.05) is 6.92 Å². The minimum Gasteiger partial charge on any atom is -0.497 e. The van der Waals surface area contributed by atoms with Crippen molar-refractivity contribution in [2.75, 3.05) is 44.7 Å². The zero-order valence-electron chi connectivity index (χ0n) is 19.4. The van der Waals surface area contributed by atoms with Crippen LogP contribution in [0.2, 0.25) is 0 Å². The predicted octanol–water partition coefficient (Wildman–Crippen LogP) is 3.34. The van der Waals surface area contributed by atoms with Gasteiger partial charge in [0.2, 0.25) is 0 Å². The number of ether oxygens (including phenoxy) is 1. The van der Waals surface area contributed by atoms with Gasteiger partial charge in [0.15, 0.2) is 5.96 Å². The molecule has 0 radical (unpaired) electrons. The summed E-state index contributed by atoms with van der Waals surface area (Å²) in [5, 5.41) is 9.68. The molecule has 1 aliphatic heterocycles. The lowest BCUT2D eigenvalue weighted by Crippen LogP contribution is -2.39. The molecule has 7 nitrogen and oxygen atoms in total. The maximum absolute atomic E-state index is 12.3. The second kappa shape index (κ2) is 12.0. The van der Waals surface area contributed by atoms with Crippen molar-refractivity contribution in [1.82, 2.24) is 16.0 Å². The molecule has 0 aliphatic carbocycles. The fourth-order valence-corrected chi connectivity index (χ4v) is 3.76. The molecule has 2 aromatic rings. The molecule has 1 saturated heterocycles. The number of hydrogen-bond donors (Lipinski definition) is 3. The van der Waals surface area contributed by atoms with Gasteiger partial charge in [0.05, 0.1) is 19.7 Å². The molecule has 1 amide bonds. The first-order valence-corrected chi connectivity index (χ1v) is 11.4. The minimum atomic E-state index is -0.118. The molecule has 1 atom stereocenters. The van der Waals surface area contributed by atoms with E-state index in [1.54, 1.807) is 31.4 Å². The zero-order valence-corrected chi connectivity index (χ0v) is 19.4. The van der Waals surface area contributed by atoms with Crippen LogP contribution >= 0.6 is 0 Å². The Hall–Kier alpha value is -3.22. The van der Waals surface area contributed by atoms with Gasteiger partial charge < -0.3 is 25.6 Å². The summed E-state index contributed by atoms with van der Waals surface area (Å²) < 4.78 is 5.13. The highest BCUT2D eigenvalue weighted by Crippen LogP contribution is 2.23. The van der Waals surface area contributed by atoms with E-state index in [9.17, 15) is 4.79 Å². The van der Waals surface area contributed by atoms with Crippen LogP contribution in [0.3, 0.4) is 0 Å². The quantitative estimate of drug-likeness (QED) is 0.319. The number of nitrogens with one attached hydrogen (secondary N) is 3. The molecule has 1 fully saturated rings. The molecule has 7 heteroatoms. The van der Waals surface area contributed by atoms with Gasteiger partial charge in [-0.1, -0.05) is 12.1 Å². The second-order valence-electron chi connectivity index (χ2n) is 7.90. The third-order valence-corrected chi connectivity index (χ3v) is 5.56. The molecule has 3 N–H and O–H groups in total. The van der Waals surface area contributed by atoms with Crippen molar-refractivity contribution in [3.63, 3.8) is 0 Å². The first-order valence-electron chi connectivity index (χ1n) is 11.4. The van der Waals surface area contributed by atoms with Crippen LogP contribution in [0.4, 0.5) is 5.69 Å². The van der Waals surface area contributed by atoms with Crippen molar-refractivity contribution in [3.8, 4) is 5.75 Å². The van der Waals surface area contributed by atoms with E-state index in [0.29, 0.717) is 18.7 Å². The molecule has 0 bridgehead atoms. The van der Waals surface area contributed by atoms with E-state index < -0.39 is 0 Å². The van der Waals surface area contributed by atoms with E-state index in [1.165, 1.54) is 24.1 Å². The molecule has 2 aromatic carbocycles. The number of rotatable bonds is 9. The topological polar surface area (TPSA) is 78.0 Å². The Morgan fingerprint density at radius 3 is 2.56 bits per heavy atom. The van der Waals surface area contributed by atoms with E-state index in [4.69, 9.17) is 4.74 Å². The largest absolute Gasteiger partial charge is 0.497 e. The first kappa shape index (κ1) is 23.4. The van der Waals surface area contributed by atoms with Gasteiger partial charge in [-0.25, -0.2) is 0 Å². The molecule has 1 heterocycles. The Labute approximate surface area is 191 Å². The maximum Gasteiger partial charge on any atom is 0.251 e. The number of nitrogens with zero attached hydrogens (tertiary/aromatic N) is 2. The van der Waals surface area contributed by atoms with E-state index >= 15 is 0 Å². The van der Waals surface area contributed by atoms with Crippen molar-refractivity contribution in [2.24, 2.45) is 4.99 Å². The molecule has 1 aliphatic rings. The highest BCUT2D eigenvalue weighted by Gasteiger charge is 2.14. The Morgan fingerprint density at radius 1 is 1.12 bits per heavy atom. The van der Waals surface area contributed by atoms with E-state index in [-0.39, 0.29) is 11.9 Å². The summed E-state index contributed by atoms with van der Waals surface area (Å²) >= 11 is 0. The van der Waals surface area contributed by atoms with Crippen molar-refractivity contribution < 1.29 is 9.53 Å². The minimum absolute atomic E-state index is 0.115. The van der Waals surface area contributed by atoms with Crippen LogP contribution in [-0.2, 0) is 0 Å². The molecule has 32 heavy (non-hydrogen) atoms. The molecule has 0 spiro atoms. The van der Waals surface area contributed by atoms with E-state index in [2.05, 4.69) is 57.0 Å². The van der Waals surface area contributed by atoms with Gasteiger partial charge in [0.1, 0.15) is 5.75 Å². The normalized spacial score (nSPS) is 14.7. The number of carbonyl (C=O) groups is 1. The lowest BCUT2D eigenvalue weighted by Gasteiger charge is -2.22. The molecular weight excluding hydrogens is 402 g/mol. The number of hydrogen-bond acceptors (Lipinski definition) is 4. The van der Waals surface area contributed by atoms with Crippen LogP contribution in [-0.4, -0.2) is 51.7 Å². The van der Waals surface area contributed by atoms with Gasteiger partial charge in [-0.05, 0) is 68.7 Å². The van der Waals surface area contributed by atoms with Crippen LogP contribution < -0.4 is 25.6 Å². The molecule has 1 unspecified atom stereocenters. The molecule has 0 aromatic heterocycles. The Morgan fingerprint density at radius 2 is 1.88 bits per heavy atom. The standard InChI is InChI=1S/C25H35N5O2/c1-4-26-25(28-15-14-27-24(31)20-10-12-23(32-3)13-11-20)29-19(2)21-8-7-9-22(18-21)30-16-5-6-17-30/h7-13,18-19H,4-6,14-17H2,1-3H3,(H,27,31)(H2,26,28,29). The Bertz CT molecular complexity index is 891. The SMILES string of the molecule is CCNC(=NCCNC(=O)c1ccc(OC)cc1)NC(C)c1cccc(N2CCCC2)c1. The summed E-state index contributed by atoms with van der Waals surface area (Å²) in [7, 11) is 1.61. The number of anilines is 1. The van der Waals surface area contributed by atoms with Gasteiger partial charge in [0, 0.05) is 37.4 Å². The summed E-state index contributed by atoms with van der Waals surface area (Å²) in [6.07, 6.45) is 2.54. The monoisotopic (exact) mass is 437 g/mol. The third-order valence-electron chi connectivity index (χ3n) is 5.56. The fourth-order valence-electron chi connectivity index (χ4n) is 3.76. The van der Waals surface area contributed by atoms with Gasteiger partial charge in [-0.3, -0.25) is 9.79 Å². The molecule has 0 saturated carbocycles. The summed E-state index contributed by atoms with van der Waals surface area (Å²) in [5.41, 5.74) is 3.12. The second-order valence-corrected chi connectivity index (χ2v) is 7.90. The Balaban J connectivity index is 1.52. The van der Waals surface area contributed by atoms with Crippen LogP contribution in [0.5, 0.6) is 5.75 Å². The molecular formula is C25H35N5O2. The highest BCUT2D eigenvalue weighted by molar-refractivity contribution is 5.94. The summed E-state index contributed by atoms with van der Waals surface area (Å²) in [5.74, 6) is 1.35. The number of aliphatic imine (C=N–C) groups is 1. The number of methoxy groups -OCH3 is 1. The zero-order chi connectivity index (χ0) is 22.8. The smallest absolute Gasteiger partial charge is 0.251 e. The molecule has 172 valence electrons. The van der Waals surface area contributed by atoms with Crippen molar-refractivity contribution in [3.05, 3.63) is 59.7 Å². The number of guanidine groups is 1. The third kappa shape index (κ3) is 6.64. The lowest BCUT2D eigenvalue weighted by atomic mass is 10.1. The molecule has 3 rings (SSSR count). The maximum atomic E-state index is 12.3. The predicted molar refractivity (Wildman–Crippen MR) is 131 cm³/mol. The first-order chi connectivity index (χ1) is 15.6. The lowest BCUT2D eigenvalue weighted by molar-refractivity contribution is 0.0954. The summed E-state index contributed by atoms with van der Waals surface area (Å²) in [4.78, 5) is 19.3. The van der Waals surface area contributed by atoms with Crippen LogP contribution in [0.25, 0.3) is 0 Å². The fraction of sp³-hybridized carbons (Fsp3) is 0.440. The van der Waals surface area contributed by atoms with Gasteiger partial charge in [0.25, 0.3) is 5.91 Å². The van der Waals surface area contributed by atoms with Crippen LogP contribution in [0.1, 0.15) is 48.7 Å². The van der Waals surface area contributed by atoms with E-state index in [0.717, 1.165) is 31.3 Å². The number of benzene rings is 2. The summed E-state index contributed by atoms with van der Waals surface area (Å²) in [6.45, 7) is 8.17. The average molecular weight is 438 g/mol. The number of amides is 1. The van der Waals surface area contributed by atoms with Crippen LogP contribution in [0, 0.1) is 0 Å². The van der Waals surface area contributed by atoms with Crippen molar-refractivity contribution in [2.45, 2.75) is 32.7 Å². The van der Waals surface area contributed by atoms with Gasteiger partial charge >= 0.3 is 0 Å². The average Bonchev–Trinajstić information content (AvgIpc) is 3.37. The number of carbonyl (C=O) groups excluding carboxylic acids is 1. The van der Waals surface area contributed by atoms with Gasteiger partial charge in [-0.2, -0.15) is 0 Å². The van der Waals surface area contributed by atoms with Crippen molar-refractivity contribution in [1.29, 1.82) is 0 Å². The van der Waals surface area contributed by atoms with Crippen molar-refractivity contribution >= 4 is 17.6 Å². The Kier molecular flexibility index (Phi) is 8.78. The van der Waals surface area contributed by atoms with Crippen LogP contribution in [0.15, 0.2) is 53.5 Å². The van der Waals surface area contributed by atoms with Gasteiger partial charge in [-0.15, -0.1) is 0 Å². The highest BCUT2D eigenvalue weighted by atomic mass is 16.5. The summed E-state index contributed by atoms with van der Waals surface area (Å²) in [6, 6.07) is 15.9.